The summed E-state index contributed by atoms with van der Waals surface area (Å²) in [4.78, 5) is 12.8. The van der Waals surface area contributed by atoms with Gasteiger partial charge in [0.25, 0.3) is 11.9 Å². The predicted molar refractivity (Wildman–Crippen MR) is 74.1 cm³/mol. The molecule has 20 heavy (non-hydrogen) atoms. The van der Waals surface area contributed by atoms with E-state index in [1.54, 1.807) is 0 Å². The molecule has 0 atom stereocenters. The van der Waals surface area contributed by atoms with Gasteiger partial charge in [-0.15, -0.1) is 9.90 Å². The second-order valence-corrected chi connectivity index (χ2v) is 3.95. The highest BCUT2D eigenvalue weighted by atomic mass is 16.5. The number of aryl methyl sites for hydroxylation is 1. The highest BCUT2D eigenvalue weighted by Gasteiger charge is 2.07. The van der Waals surface area contributed by atoms with E-state index in [0.29, 0.717) is 5.75 Å². The van der Waals surface area contributed by atoms with Crippen molar-refractivity contribution in [2.75, 3.05) is 11.9 Å². The Balaban J connectivity index is 1.83. The van der Waals surface area contributed by atoms with Crippen LogP contribution in [-0.4, -0.2) is 32.7 Å². The molecule has 1 amide bonds. The molecule has 0 fully saturated rings. The quantitative estimate of drug-likeness (QED) is 0.859. The van der Waals surface area contributed by atoms with Crippen LogP contribution in [0.2, 0.25) is 0 Å². The summed E-state index contributed by atoms with van der Waals surface area (Å²) in [7, 11) is 0. The number of benzene rings is 1. The minimum Gasteiger partial charge on any atom is -0.484 e. The molecule has 7 heteroatoms. The van der Waals surface area contributed by atoms with Gasteiger partial charge < -0.3 is 4.74 Å². The van der Waals surface area contributed by atoms with Gasteiger partial charge in [-0.05, 0) is 29.3 Å². The third kappa shape index (κ3) is 3.64. The summed E-state index contributed by atoms with van der Waals surface area (Å²) >= 11 is 0. The number of nitrogens with one attached hydrogen (secondary N) is 1. The molecule has 0 aliphatic heterocycles. The van der Waals surface area contributed by atoms with Gasteiger partial charge in [0.05, 0.1) is 0 Å². The molecule has 1 aromatic heterocycles. The van der Waals surface area contributed by atoms with Crippen molar-refractivity contribution in [3.05, 3.63) is 36.4 Å². The van der Waals surface area contributed by atoms with Gasteiger partial charge in [-0.3, -0.25) is 10.1 Å². The summed E-state index contributed by atoms with van der Waals surface area (Å²) in [6.07, 6.45) is 2.33. The number of anilines is 1. The average Bonchev–Trinajstić information content (AvgIpc) is 2.93. The molecule has 0 unspecified atom stereocenters. The highest BCUT2D eigenvalue weighted by Crippen LogP contribution is 2.12. The van der Waals surface area contributed by atoms with Crippen LogP contribution in [0.5, 0.6) is 5.75 Å². The Hall–Kier alpha value is -2.70. The molecule has 104 valence electrons. The van der Waals surface area contributed by atoms with Crippen molar-refractivity contribution >= 4 is 18.1 Å². The van der Waals surface area contributed by atoms with Crippen molar-refractivity contribution in [3.63, 3.8) is 0 Å². The summed E-state index contributed by atoms with van der Waals surface area (Å²) in [6, 6.07) is 7.59. The van der Waals surface area contributed by atoms with Crippen molar-refractivity contribution in [2.24, 2.45) is 0 Å². The van der Waals surface area contributed by atoms with Gasteiger partial charge >= 0.3 is 0 Å². The highest BCUT2D eigenvalue weighted by molar-refractivity contribution is 5.90. The van der Waals surface area contributed by atoms with Crippen molar-refractivity contribution < 1.29 is 9.53 Å². The topological polar surface area (TPSA) is 81.9 Å². The van der Waals surface area contributed by atoms with E-state index in [2.05, 4.69) is 34.2 Å². The van der Waals surface area contributed by atoms with Gasteiger partial charge in [0.2, 0.25) is 0 Å². The number of rotatable bonds is 6. The monoisotopic (exact) mass is 273 g/mol. The number of nitrogens with zero attached hydrogens (tertiary/aromatic N) is 4. The maximum atomic E-state index is 11.6. The average molecular weight is 273 g/mol. The molecule has 0 aliphatic rings. The van der Waals surface area contributed by atoms with E-state index in [9.17, 15) is 4.79 Å². The molecule has 2 aromatic rings. The van der Waals surface area contributed by atoms with E-state index in [0.717, 1.165) is 11.2 Å². The lowest BCUT2D eigenvalue weighted by Gasteiger charge is -2.05. The lowest BCUT2D eigenvalue weighted by atomic mass is 10.2. The predicted octanol–water partition coefficient (Wildman–Crippen LogP) is 1.35. The Morgan fingerprint density at radius 3 is 2.80 bits per heavy atom. The first kappa shape index (κ1) is 13.7. The van der Waals surface area contributed by atoms with Crippen LogP contribution in [0, 0.1) is 0 Å². The molecule has 1 heterocycles. The fourth-order valence-electron chi connectivity index (χ4n) is 1.48. The van der Waals surface area contributed by atoms with E-state index in [1.165, 1.54) is 11.8 Å². The normalized spacial score (nSPS) is 10.1. The summed E-state index contributed by atoms with van der Waals surface area (Å²) < 4.78 is 5.36. The van der Waals surface area contributed by atoms with E-state index < -0.39 is 0 Å². The Morgan fingerprint density at radius 2 is 2.20 bits per heavy atom. The van der Waals surface area contributed by atoms with Crippen LogP contribution < -0.4 is 10.1 Å². The first-order chi connectivity index (χ1) is 9.71. The Bertz CT molecular complexity index is 591. The first-order valence-corrected chi connectivity index (χ1v) is 6.15. The SMILES string of the molecule is C=Cn1nnc(NC(=O)COc2ccc(CC)cc2)n1. The van der Waals surface area contributed by atoms with Crippen molar-refractivity contribution in [1.29, 1.82) is 0 Å². The lowest BCUT2D eigenvalue weighted by molar-refractivity contribution is -0.118. The number of ether oxygens (including phenoxy) is 1. The zero-order chi connectivity index (χ0) is 14.4. The summed E-state index contributed by atoms with van der Waals surface area (Å²) in [5.41, 5.74) is 1.21. The van der Waals surface area contributed by atoms with Crippen LogP contribution in [0.15, 0.2) is 30.8 Å². The number of hydrogen-bond donors (Lipinski definition) is 1. The van der Waals surface area contributed by atoms with Gasteiger partial charge in [-0.1, -0.05) is 30.7 Å². The first-order valence-electron chi connectivity index (χ1n) is 6.15. The summed E-state index contributed by atoms with van der Waals surface area (Å²) in [5.74, 6) is 0.396. The minimum atomic E-state index is -0.354. The molecular weight excluding hydrogens is 258 g/mol. The van der Waals surface area contributed by atoms with Crippen LogP contribution in [-0.2, 0) is 11.2 Å². The summed E-state index contributed by atoms with van der Waals surface area (Å²) in [5, 5.41) is 13.6. The number of carbonyl (C=O) groups is 1. The zero-order valence-corrected chi connectivity index (χ0v) is 11.1. The van der Waals surface area contributed by atoms with Crippen LogP contribution in [0.1, 0.15) is 12.5 Å². The van der Waals surface area contributed by atoms with E-state index in [4.69, 9.17) is 4.74 Å². The molecule has 2 rings (SSSR count). The maximum Gasteiger partial charge on any atom is 0.270 e. The molecule has 1 aromatic carbocycles. The summed E-state index contributed by atoms with van der Waals surface area (Å²) in [6.45, 7) is 5.43. The molecular formula is C13H15N5O2. The molecule has 0 spiro atoms. The van der Waals surface area contributed by atoms with E-state index in [1.807, 2.05) is 24.3 Å². The minimum absolute atomic E-state index is 0.111. The zero-order valence-electron chi connectivity index (χ0n) is 11.1. The van der Waals surface area contributed by atoms with Crippen LogP contribution >= 0.6 is 0 Å². The second kappa shape index (κ2) is 6.46. The van der Waals surface area contributed by atoms with E-state index in [-0.39, 0.29) is 18.5 Å². The van der Waals surface area contributed by atoms with Crippen molar-refractivity contribution in [1.82, 2.24) is 20.2 Å². The van der Waals surface area contributed by atoms with Gasteiger partial charge in [0, 0.05) is 6.20 Å². The number of tetrazole rings is 1. The number of hydrogen-bond acceptors (Lipinski definition) is 5. The Kier molecular flexibility index (Phi) is 4.43. The molecule has 0 radical (unpaired) electrons. The fourth-order valence-corrected chi connectivity index (χ4v) is 1.48. The molecule has 0 aliphatic carbocycles. The maximum absolute atomic E-state index is 11.6. The third-order valence-electron chi connectivity index (χ3n) is 2.54. The van der Waals surface area contributed by atoms with Gasteiger partial charge in [-0.25, -0.2) is 0 Å². The fraction of sp³-hybridized carbons (Fsp3) is 0.231. The van der Waals surface area contributed by atoms with Crippen LogP contribution in [0.3, 0.4) is 0 Å². The standard InChI is InChI=1S/C13H15N5O2/c1-3-10-5-7-11(8-6-10)20-9-12(19)14-13-15-17-18(4-2)16-13/h4-8H,2-3,9H2,1H3,(H,14,16,19). The molecule has 7 nitrogen and oxygen atoms in total. The number of carbonyl (C=O) groups excluding carboxylic acids is 1. The largest absolute Gasteiger partial charge is 0.484 e. The van der Waals surface area contributed by atoms with Crippen molar-refractivity contribution in [2.45, 2.75) is 13.3 Å². The van der Waals surface area contributed by atoms with Crippen molar-refractivity contribution in [3.8, 4) is 5.75 Å². The Morgan fingerprint density at radius 1 is 1.45 bits per heavy atom. The third-order valence-corrected chi connectivity index (χ3v) is 2.54. The molecule has 0 bridgehead atoms. The lowest BCUT2D eigenvalue weighted by Crippen LogP contribution is -2.21. The number of amides is 1. The molecule has 1 N–H and O–H groups in total. The molecule has 0 saturated heterocycles. The second-order valence-electron chi connectivity index (χ2n) is 3.95. The molecule has 0 saturated carbocycles. The Labute approximate surface area is 116 Å². The van der Waals surface area contributed by atoms with Gasteiger partial charge in [0.1, 0.15) is 5.75 Å². The van der Waals surface area contributed by atoms with Gasteiger partial charge in [0.15, 0.2) is 6.61 Å². The van der Waals surface area contributed by atoms with Gasteiger partial charge in [-0.2, -0.15) is 0 Å². The van der Waals surface area contributed by atoms with Crippen LogP contribution in [0.25, 0.3) is 6.20 Å². The number of aromatic nitrogens is 4. The smallest absolute Gasteiger partial charge is 0.270 e. The van der Waals surface area contributed by atoms with Crippen LogP contribution in [0.4, 0.5) is 5.95 Å². The van der Waals surface area contributed by atoms with E-state index >= 15 is 0 Å².